The Bertz CT molecular complexity index is 995. The molecule has 2 aromatic carbocycles. The summed E-state index contributed by atoms with van der Waals surface area (Å²) in [5.41, 5.74) is 5.73. The number of rotatable bonds is 4. The first-order valence-electron chi connectivity index (χ1n) is 8.56. The molecule has 1 heterocycles. The fraction of sp³-hybridized carbons (Fsp3) is 0.238. The summed E-state index contributed by atoms with van der Waals surface area (Å²) >= 11 is 7.57. The van der Waals surface area contributed by atoms with Crippen molar-refractivity contribution in [2.75, 3.05) is 0 Å². The van der Waals surface area contributed by atoms with E-state index >= 15 is 0 Å². The van der Waals surface area contributed by atoms with Gasteiger partial charge >= 0.3 is 0 Å². The number of hydrogen-bond acceptors (Lipinski definition) is 3. The molecule has 0 aliphatic heterocycles. The van der Waals surface area contributed by atoms with E-state index in [1.807, 2.05) is 35.2 Å². The topological polar surface area (TPSA) is 29.6 Å². The summed E-state index contributed by atoms with van der Waals surface area (Å²) in [6.45, 7) is 8.40. The van der Waals surface area contributed by atoms with Crippen molar-refractivity contribution < 1.29 is 0 Å². The fourth-order valence-electron chi connectivity index (χ4n) is 2.49. The van der Waals surface area contributed by atoms with Gasteiger partial charge in [-0.1, -0.05) is 35.9 Å². The van der Waals surface area contributed by atoms with Crippen LogP contribution < -0.4 is 4.80 Å². The summed E-state index contributed by atoms with van der Waals surface area (Å²) in [4.78, 5) is 5.61. The van der Waals surface area contributed by atoms with E-state index in [2.05, 4.69) is 51.3 Å². The standard InChI is InChI=1S/C21H22ClN3S/c1-14(2)24-21-25(23-12-17-6-9-19(22)10-7-17)20(13-26-21)18-8-5-15(3)16(4)11-18/h5-14H,1-4H3/b23-12+,24-21?. The van der Waals surface area contributed by atoms with Crippen LogP contribution in [0.15, 0.2) is 57.9 Å². The van der Waals surface area contributed by atoms with E-state index in [1.165, 1.54) is 11.1 Å². The molecule has 0 atom stereocenters. The first-order chi connectivity index (χ1) is 12.4. The second kappa shape index (κ2) is 8.02. The molecule has 0 saturated carbocycles. The van der Waals surface area contributed by atoms with Crippen molar-refractivity contribution in [3.05, 3.63) is 74.4 Å². The van der Waals surface area contributed by atoms with Crippen molar-refractivity contribution in [2.24, 2.45) is 10.1 Å². The highest BCUT2D eigenvalue weighted by atomic mass is 35.5. The lowest BCUT2D eigenvalue weighted by Gasteiger charge is -2.07. The van der Waals surface area contributed by atoms with Crippen LogP contribution in [-0.2, 0) is 0 Å². The van der Waals surface area contributed by atoms with Crippen LogP contribution in [0.1, 0.15) is 30.5 Å². The Kier molecular flexibility index (Phi) is 5.74. The average Bonchev–Trinajstić information content (AvgIpc) is 2.99. The molecular formula is C21H22ClN3S. The number of aryl methyl sites for hydroxylation is 2. The summed E-state index contributed by atoms with van der Waals surface area (Å²) in [7, 11) is 0. The van der Waals surface area contributed by atoms with Crippen LogP contribution in [0.2, 0.25) is 5.02 Å². The van der Waals surface area contributed by atoms with Crippen molar-refractivity contribution in [1.82, 2.24) is 4.68 Å². The van der Waals surface area contributed by atoms with Crippen LogP contribution in [0.5, 0.6) is 0 Å². The zero-order valence-corrected chi connectivity index (χ0v) is 17.0. The zero-order valence-electron chi connectivity index (χ0n) is 15.4. The quantitative estimate of drug-likeness (QED) is 0.519. The van der Waals surface area contributed by atoms with Crippen molar-refractivity contribution >= 4 is 29.2 Å². The molecule has 0 amide bonds. The smallest absolute Gasteiger partial charge is 0.206 e. The lowest BCUT2D eigenvalue weighted by molar-refractivity contribution is 0.754. The Labute approximate surface area is 163 Å². The first-order valence-corrected chi connectivity index (χ1v) is 9.82. The molecule has 26 heavy (non-hydrogen) atoms. The van der Waals surface area contributed by atoms with E-state index in [0.29, 0.717) is 0 Å². The molecule has 1 aromatic heterocycles. The minimum Gasteiger partial charge on any atom is -0.255 e. The summed E-state index contributed by atoms with van der Waals surface area (Å²) in [6, 6.07) is 14.3. The maximum Gasteiger partial charge on any atom is 0.206 e. The van der Waals surface area contributed by atoms with Crippen molar-refractivity contribution in [3.8, 4) is 11.3 Å². The van der Waals surface area contributed by atoms with Gasteiger partial charge in [-0.25, -0.2) is 4.68 Å². The Hall–Kier alpha value is -2.17. The Balaban J connectivity index is 2.09. The molecule has 3 aromatic rings. The van der Waals surface area contributed by atoms with Crippen LogP contribution in [0.4, 0.5) is 0 Å². The predicted octanol–water partition coefficient (Wildman–Crippen LogP) is 5.68. The molecule has 0 fully saturated rings. The lowest BCUT2D eigenvalue weighted by Crippen LogP contribution is -2.14. The number of nitrogens with zero attached hydrogens (tertiary/aromatic N) is 3. The molecule has 0 saturated heterocycles. The number of hydrogen-bond donors (Lipinski definition) is 0. The molecule has 0 spiro atoms. The van der Waals surface area contributed by atoms with E-state index in [9.17, 15) is 0 Å². The Morgan fingerprint density at radius 2 is 1.77 bits per heavy atom. The molecular weight excluding hydrogens is 362 g/mol. The maximum absolute atomic E-state index is 5.96. The predicted molar refractivity (Wildman–Crippen MR) is 112 cm³/mol. The number of thiazole rings is 1. The van der Waals surface area contributed by atoms with E-state index in [0.717, 1.165) is 26.6 Å². The molecule has 0 bridgehead atoms. The van der Waals surface area contributed by atoms with Gasteiger partial charge in [0.05, 0.1) is 11.9 Å². The summed E-state index contributed by atoms with van der Waals surface area (Å²) in [5, 5.41) is 7.55. The Morgan fingerprint density at radius 1 is 1.04 bits per heavy atom. The van der Waals surface area contributed by atoms with Gasteiger partial charge in [0.15, 0.2) is 0 Å². The molecule has 134 valence electrons. The molecule has 0 radical (unpaired) electrons. The molecule has 3 rings (SSSR count). The third-order valence-electron chi connectivity index (χ3n) is 4.05. The van der Waals surface area contributed by atoms with Gasteiger partial charge in [0.1, 0.15) is 0 Å². The van der Waals surface area contributed by atoms with Gasteiger partial charge in [-0.3, -0.25) is 4.99 Å². The van der Waals surface area contributed by atoms with Crippen LogP contribution in [0.3, 0.4) is 0 Å². The molecule has 0 unspecified atom stereocenters. The summed E-state index contributed by atoms with van der Waals surface area (Å²) in [6.07, 6.45) is 1.84. The molecule has 5 heteroatoms. The highest BCUT2D eigenvalue weighted by Gasteiger charge is 2.09. The highest BCUT2D eigenvalue weighted by molar-refractivity contribution is 7.07. The molecule has 0 aliphatic rings. The van der Waals surface area contributed by atoms with Gasteiger partial charge in [-0.15, -0.1) is 11.3 Å². The number of halogens is 1. The van der Waals surface area contributed by atoms with Gasteiger partial charge in [0, 0.05) is 22.0 Å². The second-order valence-electron chi connectivity index (χ2n) is 6.53. The Morgan fingerprint density at radius 3 is 2.42 bits per heavy atom. The number of aromatic nitrogens is 1. The van der Waals surface area contributed by atoms with Gasteiger partial charge in [0.25, 0.3) is 0 Å². The SMILES string of the molecule is Cc1ccc(-c2csc(=NC(C)C)n2/N=C/c2ccc(Cl)cc2)cc1C. The zero-order chi connectivity index (χ0) is 18.7. The van der Waals surface area contributed by atoms with Crippen molar-refractivity contribution in [3.63, 3.8) is 0 Å². The van der Waals surface area contributed by atoms with Crippen LogP contribution >= 0.6 is 22.9 Å². The van der Waals surface area contributed by atoms with E-state index < -0.39 is 0 Å². The third-order valence-corrected chi connectivity index (χ3v) is 5.13. The lowest BCUT2D eigenvalue weighted by atomic mass is 10.1. The monoisotopic (exact) mass is 383 g/mol. The highest BCUT2D eigenvalue weighted by Crippen LogP contribution is 2.23. The van der Waals surface area contributed by atoms with E-state index in [4.69, 9.17) is 21.7 Å². The fourth-order valence-corrected chi connectivity index (χ4v) is 3.59. The maximum atomic E-state index is 5.96. The van der Waals surface area contributed by atoms with Gasteiger partial charge in [0.2, 0.25) is 4.80 Å². The minimum absolute atomic E-state index is 0.207. The van der Waals surface area contributed by atoms with Crippen molar-refractivity contribution in [2.45, 2.75) is 33.7 Å². The third kappa shape index (κ3) is 4.32. The normalized spacial score (nSPS) is 12.5. The van der Waals surface area contributed by atoms with Crippen molar-refractivity contribution in [1.29, 1.82) is 0 Å². The van der Waals surface area contributed by atoms with Crippen LogP contribution in [0, 0.1) is 13.8 Å². The molecule has 0 N–H and O–H groups in total. The minimum atomic E-state index is 0.207. The first kappa shape index (κ1) is 18.6. The van der Waals surface area contributed by atoms with Gasteiger partial charge in [-0.05, 0) is 62.6 Å². The average molecular weight is 384 g/mol. The largest absolute Gasteiger partial charge is 0.255 e. The summed E-state index contributed by atoms with van der Waals surface area (Å²) < 4.78 is 1.92. The van der Waals surface area contributed by atoms with E-state index in [1.54, 1.807) is 11.3 Å². The van der Waals surface area contributed by atoms with Gasteiger partial charge < -0.3 is 0 Å². The summed E-state index contributed by atoms with van der Waals surface area (Å²) in [5.74, 6) is 0. The molecule has 0 aliphatic carbocycles. The van der Waals surface area contributed by atoms with Gasteiger partial charge in [-0.2, -0.15) is 5.10 Å². The van der Waals surface area contributed by atoms with E-state index in [-0.39, 0.29) is 6.04 Å². The van der Waals surface area contributed by atoms with Crippen LogP contribution in [-0.4, -0.2) is 16.9 Å². The second-order valence-corrected chi connectivity index (χ2v) is 7.81. The molecule has 3 nitrogen and oxygen atoms in total. The van der Waals surface area contributed by atoms with Crippen LogP contribution in [0.25, 0.3) is 11.3 Å². The number of benzene rings is 2.